The molecule has 1 saturated carbocycles. The summed E-state index contributed by atoms with van der Waals surface area (Å²) in [5.74, 6) is -0.232. The first-order valence-electron chi connectivity index (χ1n) is 6.76. The molecule has 1 aliphatic heterocycles. The summed E-state index contributed by atoms with van der Waals surface area (Å²) in [5, 5.41) is 3.39. The fourth-order valence-electron chi connectivity index (χ4n) is 2.69. The van der Waals surface area contributed by atoms with Crippen molar-refractivity contribution < 1.29 is 9.59 Å². The maximum atomic E-state index is 12.4. The molecule has 0 bridgehead atoms. The van der Waals surface area contributed by atoms with Gasteiger partial charge in [0.25, 0.3) is 0 Å². The molecule has 0 aromatic rings. The molecule has 1 unspecified atom stereocenters. The maximum absolute atomic E-state index is 12.4. The second kappa shape index (κ2) is 4.88. The van der Waals surface area contributed by atoms with Crippen LogP contribution in [-0.4, -0.2) is 40.9 Å². The van der Waals surface area contributed by atoms with Crippen LogP contribution in [0.15, 0.2) is 0 Å². The molecule has 1 aliphatic carbocycles. The van der Waals surface area contributed by atoms with Crippen molar-refractivity contribution in [2.45, 2.75) is 63.6 Å². The molecule has 3 N–H and O–H groups in total. The molecule has 5 nitrogen and oxygen atoms in total. The summed E-state index contributed by atoms with van der Waals surface area (Å²) in [4.78, 5) is 25.4. The van der Waals surface area contributed by atoms with Gasteiger partial charge >= 0.3 is 0 Å². The van der Waals surface area contributed by atoms with E-state index in [0.717, 1.165) is 19.4 Å². The molecule has 2 rings (SSSR count). The molecule has 0 radical (unpaired) electrons. The molecule has 2 aliphatic rings. The lowest BCUT2D eigenvalue weighted by molar-refractivity contribution is -0.143. The molecule has 0 aromatic carbocycles. The first kappa shape index (κ1) is 13.3. The van der Waals surface area contributed by atoms with Crippen LogP contribution < -0.4 is 11.1 Å². The lowest BCUT2D eigenvalue weighted by Crippen LogP contribution is -2.59. The van der Waals surface area contributed by atoms with Gasteiger partial charge in [-0.1, -0.05) is 0 Å². The number of carbonyl (C=O) groups excluding carboxylic acids is 2. The highest BCUT2D eigenvalue weighted by atomic mass is 16.2. The Morgan fingerprint density at radius 3 is 2.67 bits per heavy atom. The minimum atomic E-state index is -0.479. The molecule has 5 heteroatoms. The number of carbonyl (C=O) groups is 2. The number of primary amides is 1. The van der Waals surface area contributed by atoms with E-state index >= 15 is 0 Å². The smallest absolute Gasteiger partial charge is 0.240 e. The van der Waals surface area contributed by atoms with Crippen molar-refractivity contribution >= 4 is 11.8 Å². The Bertz CT molecular complexity index is 350. The first-order valence-corrected chi connectivity index (χ1v) is 6.76. The van der Waals surface area contributed by atoms with E-state index in [0.29, 0.717) is 6.04 Å². The van der Waals surface area contributed by atoms with Gasteiger partial charge in [-0.05, 0) is 39.5 Å². The molecular weight excluding hydrogens is 230 g/mol. The number of nitrogens with zero attached hydrogens (tertiary/aromatic N) is 1. The summed E-state index contributed by atoms with van der Waals surface area (Å²) < 4.78 is 0. The van der Waals surface area contributed by atoms with Crippen LogP contribution in [0.3, 0.4) is 0 Å². The largest absolute Gasteiger partial charge is 0.370 e. The van der Waals surface area contributed by atoms with Gasteiger partial charge in [-0.25, -0.2) is 0 Å². The van der Waals surface area contributed by atoms with Crippen molar-refractivity contribution in [1.29, 1.82) is 0 Å². The van der Waals surface area contributed by atoms with Crippen LogP contribution in [0, 0.1) is 0 Å². The monoisotopic (exact) mass is 253 g/mol. The number of nitrogens with two attached hydrogens (primary N) is 1. The Labute approximate surface area is 108 Å². The van der Waals surface area contributed by atoms with Crippen molar-refractivity contribution in [2.24, 2.45) is 5.73 Å². The highest BCUT2D eigenvalue weighted by Crippen LogP contribution is 2.27. The predicted molar refractivity (Wildman–Crippen MR) is 68.8 cm³/mol. The van der Waals surface area contributed by atoms with Gasteiger partial charge in [0, 0.05) is 24.5 Å². The van der Waals surface area contributed by atoms with Crippen LogP contribution in [0.5, 0.6) is 0 Å². The average Bonchev–Trinajstić information content (AvgIpc) is 3.02. The van der Waals surface area contributed by atoms with Gasteiger partial charge in [0.15, 0.2) is 0 Å². The van der Waals surface area contributed by atoms with E-state index in [2.05, 4.69) is 5.32 Å². The third kappa shape index (κ3) is 3.02. The fraction of sp³-hybridized carbons (Fsp3) is 0.846. The molecule has 0 aromatic heterocycles. The van der Waals surface area contributed by atoms with Crippen LogP contribution in [0.2, 0.25) is 0 Å². The number of hydrogen-bond acceptors (Lipinski definition) is 3. The molecule has 1 heterocycles. The van der Waals surface area contributed by atoms with E-state index in [1.165, 1.54) is 12.8 Å². The van der Waals surface area contributed by atoms with Crippen molar-refractivity contribution in [3.05, 3.63) is 0 Å². The lowest BCUT2D eigenvalue weighted by Gasteiger charge is -2.43. The summed E-state index contributed by atoms with van der Waals surface area (Å²) in [7, 11) is 0. The maximum Gasteiger partial charge on any atom is 0.240 e. The summed E-state index contributed by atoms with van der Waals surface area (Å²) in [6, 6.07) is 0.455. The highest BCUT2D eigenvalue weighted by Gasteiger charge is 2.39. The molecule has 2 amide bonds. The van der Waals surface area contributed by atoms with Crippen LogP contribution in [0.4, 0.5) is 0 Å². The lowest BCUT2D eigenvalue weighted by atomic mass is 9.92. The molecule has 1 atom stereocenters. The molecule has 2 fully saturated rings. The molecule has 0 spiro atoms. The summed E-state index contributed by atoms with van der Waals surface area (Å²) in [6.45, 7) is 4.55. The molecular formula is C13H23N3O2. The van der Waals surface area contributed by atoms with Crippen LogP contribution >= 0.6 is 0 Å². The molecule has 102 valence electrons. The van der Waals surface area contributed by atoms with E-state index in [9.17, 15) is 9.59 Å². The quantitative estimate of drug-likeness (QED) is 0.744. The minimum absolute atomic E-state index is 0.0709. The Balaban J connectivity index is 2.02. The Kier molecular flexibility index (Phi) is 3.61. The van der Waals surface area contributed by atoms with E-state index in [-0.39, 0.29) is 24.3 Å². The number of piperidine rings is 1. The predicted octanol–water partition coefficient (Wildman–Crippen LogP) is 0.383. The SMILES string of the molecule is CC(C)(CC(N)=O)N1CCCC(NC2CC2)C1=O. The first-order chi connectivity index (χ1) is 8.40. The zero-order valence-electron chi connectivity index (χ0n) is 11.2. The Hall–Kier alpha value is -1.10. The van der Waals surface area contributed by atoms with Crippen molar-refractivity contribution in [3.8, 4) is 0 Å². The van der Waals surface area contributed by atoms with Crippen molar-refractivity contribution in [3.63, 3.8) is 0 Å². The van der Waals surface area contributed by atoms with Gasteiger partial charge in [0.1, 0.15) is 0 Å². The number of hydrogen-bond donors (Lipinski definition) is 2. The van der Waals surface area contributed by atoms with Crippen molar-refractivity contribution in [1.82, 2.24) is 10.2 Å². The van der Waals surface area contributed by atoms with E-state index in [1.807, 2.05) is 18.7 Å². The van der Waals surface area contributed by atoms with Gasteiger partial charge < -0.3 is 16.0 Å². The molecule has 1 saturated heterocycles. The Morgan fingerprint density at radius 1 is 1.44 bits per heavy atom. The van der Waals surface area contributed by atoms with Crippen LogP contribution in [0.1, 0.15) is 46.0 Å². The number of nitrogens with one attached hydrogen (secondary N) is 1. The topological polar surface area (TPSA) is 75.4 Å². The number of amides is 2. The highest BCUT2D eigenvalue weighted by molar-refractivity contribution is 5.84. The fourth-order valence-corrected chi connectivity index (χ4v) is 2.69. The third-order valence-electron chi connectivity index (χ3n) is 3.79. The van der Waals surface area contributed by atoms with E-state index in [1.54, 1.807) is 0 Å². The summed E-state index contributed by atoms with van der Waals surface area (Å²) >= 11 is 0. The normalized spacial score (nSPS) is 25.3. The van der Waals surface area contributed by atoms with Gasteiger partial charge in [-0.2, -0.15) is 0 Å². The second-order valence-electron chi connectivity index (χ2n) is 6.08. The third-order valence-corrected chi connectivity index (χ3v) is 3.79. The summed E-state index contributed by atoms with van der Waals surface area (Å²) in [6.07, 6.45) is 4.45. The summed E-state index contributed by atoms with van der Waals surface area (Å²) in [5.41, 5.74) is 4.78. The standard InChI is InChI=1S/C13H23N3O2/c1-13(2,8-11(14)17)16-7-3-4-10(12(16)18)15-9-5-6-9/h9-10,15H,3-8H2,1-2H3,(H2,14,17). The minimum Gasteiger partial charge on any atom is -0.370 e. The average molecular weight is 253 g/mol. The number of rotatable bonds is 5. The number of likely N-dealkylation sites (tertiary alicyclic amines) is 1. The zero-order valence-corrected chi connectivity index (χ0v) is 11.2. The van der Waals surface area contributed by atoms with Crippen LogP contribution in [-0.2, 0) is 9.59 Å². The van der Waals surface area contributed by atoms with Gasteiger partial charge in [-0.15, -0.1) is 0 Å². The second-order valence-corrected chi connectivity index (χ2v) is 6.08. The zero-order chi connectivity index (χ0) is 13.3. The van der Waals surface area contributed by atoms with Gasteiger partial charge in [0.2, 0.25) is 11.8 Å². The molecule has 18 heavy (non-hydrogen) atoms. The van der Waals surface area contributed by atoms with Gasteiger partial charge in [-0.3, -0.25) is 9.59 Å². The van der Waals surface area contributed by atoms with E-state index in [4.69, 9.17) is 5.73 Å². The Morgan fingerprint density at radius 2 is 2.11 bits per heavy atom. The van der Waals surface area contributed by atoms with E-state index < -0.39 is 5.54 Å². The van der Waals surface area contributed by atoms with Crippen molar-refractivity contribution in [2.75, 3.05) is 6.54 Å². The van der Waals surface area contributed by atoms with Crippen LogP contribution in [0.25, 0.3) is 0 Å². The van der Waals surface area contributed by atoms with Gasteiger partial charge in [0.05, 0.1) is 6.04 Å².